The van der Waals surface area contributed by atoms with Gasteiger partial charge in [0.15, 0.2) is 9.84 Å². The third-order valence-corrected chi connectivity index (χ3v) is 6.15. The molecule has 2 atom stereocenters. The van der Waals surface area contributed by atoms with E-state index in [1.165, 1.54) is 0 Å². The van der Waals surface area contributed by atoms with Gasteiger partial charge in [-0.05, 0) is 43.0 Å². The zero-order valence-electron chi connectivity index (χ0n) is 13.6. The number of benzene rings is 1. The molecule has 2 aromatic rings. The van der Waals surface area contributed by atoms with Gasteiger partial charge in [0.05, 0.1) is 23.2 Å². The van der Waals surface area contributed by atoms with Crippen LogP contribution in [-0.4, -0.2) is 35.6 Å². The van der Waals surface area contributed by atoms with Crippen molar-refractivity contribution in [3.8, 4) is 5.69 Å². The second kappa shape index (κ2) is 6.76. The lowest BCUT2D eigenvalue weighted by molar-refractivity contribution is -0.122. The minimum atomic E-state index is -2.94. The number of sulfone groups is 1. The molecule has 1 aromatic heterocycles. The van der Waals surface area contributed by atoms with Crippen LogP contribution in [0.5, 0.6) is 0 Å². The molecular weight excluding hydrogens is 326 g/mol. The van der Waals surface area contributed by atoms with Crippen LogP contribution in [0.15, 0.2) is 42.7 Å². The van der Waals surface area contributed by atoms with E-state index in [1.54, 1.807) is 10.9 Å². The van der Waals surface area contributed by atoms with Gasteiger partial charge in [-0.1, -0.05) is 12.1 Å². The van der Waals surface area contributed by atoms with Gasteiger partial charge in [-0.3, -0.25) is 4.79 Å². The lowest BCUT2D eigenvalue weighted by Crippen LogP contribution is -2.28. The average Bonchev–Trinajstić information content (AvgIpc) is 3.17. The Kier molecular flexibility index (Phi) is 4.71. The molecule has 2 heterocycles. The number of amides is 1. The Morgan fingerprint density at radius 1 is 1.42 bits per heavy atom. The fourth-order valence-electron chi connectivity index (χ4n) is 3.04. The largest absolute Gasteiger partial charge is 0.350 e. The molecule has 0 spiro atoms. The summed E-state index contributed by atoms with van der Waals surface area (Å²) in [5.74, 6) is 0.169. The van der Waals surface area contributed by atoms with Crippen LogP contribution >= 0.6 is 0 Å². The van der Waals surface area contributed by atoms with Crippen molar-refractivity contribution in [1.82, 2.24) is 15.1 Å². The van der Waals surface area contributed by atoms with Gasteiger partial charge in [0, 0.05) is 18.8 Å². The number of nitrogens with zero attached hydrogens (tertiary/aromatic N) is 2. The highest BCUT2D eigenvalue weighted by atomic mass is 32.2. The van der Waals surface area contributed by atoms with Crippen LogP contribution in [0.25, 0.3) is 5.69 Å². The summed E-state index contributed by atoms with van der Waals surface area (Å²) in [7, 11) is -2.94. The van der Waals surface area contributed by atoms with Crippen molar-refractivity contribution >= 4 is 15.7 Å². The van der Waals surface area contributed by atoms with Crippen LogP contribution in [0.4, 0.5) is 0 Å². The Labute approximate surface area is 141 Å². The summed E-state index contributed by atoms with van der Waals surface area (Å²) in [6.07, 6.45) is 4.43. The van der Waals surface area contributed by atoms with Crippen molar-refractivity contribution in [1.29, 1.82) is 0 Å². The van der Waals surface area contributed by atoms with E-state index >= 15 is 0 Å². The third kappa shape index (κ3) is 4.03. The third-order valence-electron chi connectivity index (χ3n) is 4.32. The molecule has 0 saturated carbocycles. The van der Waals surface area contributed by atoms with E-state index in [4.69, 9.17) is 0 Å². The molecule has 1 aliphatic heterocycles. The van der Waals surface area contributed by atoms with E-state index in [1.807, 2.05) is 43.5 Å². The summed E-state index contributed by atoms with van der Waals surface area (Å²) in [6.45, 7) is 1.92. The zero-order chi connectivity index (χ0) is 17.2. The summed E-state index contributed by atoms with van der Waals surface area (Å²) >= 11 is 0. The van der Waals surface area contributed by atoms with Crippen molar-refractivity contribution in [3.63, 3.8) is 0 Å². The molecule has 1 aliphatic rings. The van der Waals surface area contributed by atoms with Crippen molar-refractivity contribution in [3.05, 3.63) is 48.3 Å². The van der Waals surface area contributed by atoms with Crippen molar-refractivity contribution in [2.45, 2.75) is 25.8 Å². The smallest absolute Gasteiger partial charge is 0.220 e. The molecular formula is C17H21N3O3S. The number of carbonyl (C=O) groups excluding carboxylic acids is 1. The first-order valence-electron chi connectivity index (χ1n) is 8.03. The summed E-state index contributed by atoms with van der Waals surface area (Å²) < 4.78 is 24.7. The number of carbonyl (C=O) groups is 1. The maximum atomic E-state index is 12.2. The predicted molar refractivity (Wildman–Crippen MR) is 91.5 cm³/mol. The maximum Gasteiger partial charge on any atom is 0.220 e. The SMILES string of the molecule is C[C@H](NC(=O)C[C@H]1CCS(=O)(=O)C1)c1cccc(-n2cccn2)c1. The van der Waals surface area contributed by atoms with Crippen LogP contribution in [0.2, 0.25) is 0 Å². The van der Waals surface area contributed by atoms with Gasteiger partial charge >= 0.3 is 0 Å². The molecule has 7 heteroatoms. The van der Waals surface area contributed by atoms with Crippen LogP contribution in [-0.2, 0) is 14.6 Å². The van der Waals surface area contributed by atoms with E-state index in [2.05, 4.69) is 10.4 Å². The second-order valence-electron chi connectivity index (χ2n) is 6.31. The zero-order valence-corrected chi connectivity index (χ0v) is 14.4. The summed E-state index contributed by atoms with van der Waals surface area (Å²) in [5.41, 5.74) is 1.91. The molecule has 6 nitrogen and oxygen atoms in total. The molecule has 0 radical (unpaired) electrons. The van der Waals surface area contributed by atoms with Crippen molar-refractivity contribution < 1.29 is 13.2 Å². The molecule has 128 valence electrons. The Hall–Kier alpha value is -2.15. The van der Waals surface area contributed by atoms with E-state index in [0.29, 0.717) is 6.42 Å². The fourth-order valence-corrected chi connectivity index (χ4v) is 4.90. The highest BCUT2D eigenvalue weighted by Gasteiger charge is 2.29. The lowest BCUT2D eigenvalue weighted by atomic mass is 10.0. The minimum Gasteiger partial charge on any atom is -0.350 e. The summed E-state index contributed by atoms with van der Waals surface area (Å²) in [6, 6.07) is 9.53. The molecule has 1 fully saturated rings. The van der Waals surface area contributed by atoms with E-state index in [9.17, 15) is 13.2 Å². The van der Waals surface area contributed by atoms with Crippen molar-refractivity contribution in [2.24, 2.45) is 5.92 Å². The Balaban J connectivity index is 1.61. The van der Waals surface area contributed by atoms with E-state index in [0.717, 1.165) is 11.3 Å². The second-order valence-corrected chi connectivity index (χ2v) is 8.54. The Morgan fingerprint density at radius 2 is 2.25 bits per heavy atom. The number of rotatable bonds is 5. The normalized spacial score (nSPS) is 20.6. The van der Waals surface area contributed by atoms with Gasteiger partial charge in [0.1, 0.15) is 0 Å². The van der Waals surface area contributed by atoms with Gasteiger partial charge in [0.2, 0.25) is 5.91 Å². The molecule has 0 unspecified atom stereocenters. The van der Waals surface area contributed by atoms with Gasteiger partial charge in [-0.25, -0.2) is 13.1 Å². The molecule has 1 N–H and O–H groups in total. The van der Waals surface area contributed by atoms with Gasteiger partial charge in [-0.15, -0.1) is 0 Å². The average molecular weight is 347 g/mol. The molecule has 0 aliphatic carbocycles. The number of hydrogen-bond acceptors (Lipinski definition) is 4. The molecule has 24 heavy (non-hydrogen) atoms. The minimum absolute atomic E-state index is 0.0578. The first-order chi connectivity index (χ1) is 11.4. The summed E-state index contributed by atoms with van der Waals surface area (Å²) in [4.78, 5) is 12.2. The van der Waals surface area contributed by atoms with Crippen LogP contribution < -0.4 is 5.32 Å². The predicted octanol–water partition coefficient (Wildman–Crippen LogP) is 1.87. The highest BCUT2D eigenvalue weighted by molar-refractivity contribution is 7.91. The topological polar surface area (TPSA) is 81.1 Å². The molecule has 0 bridgehead atoms. The first-order valence-corrected chi connectivity index (χ1v) is 9.85. The van der Waals surface area contributed by atoms with E-state index in [-0.39, 0.29) is 35.8 Å². The lowest BCUT2D eigenvalue weighted by Gasteiger charge is -2.16. The molecule has 1 saturated heterocycles. The Morgan fingerprint density at radius 3 is 2.92 bits per heavy atom. The standard InChI is InChI=1S/C17H21N3O3S/c1-13(19-17(21)10-14-6-9-24(22,23)12-14)15-4-2-5-16(11-15)20-8-3-7-18-20/h2-5,7-8,11,13-14H,6,9-10,12H2,1H3,(H,19,21)/t13-,14+/m0/s1. The number of nitrogens with one attached hydrogen (secondary N) is 1. The van der Waals surface area contributed by atoms with Crippen LogP contribution in [0, 0.1) is 5.92 Å². The van der Waals surface area contributed by atoms with Crippen molar-refractivity contribution in [2.75, 3.05) is 11.5 Å². The van der Waals surface area contributed by atoms with Gasteiger partial charge in [-0.2, -0.15) is 5.10 Å². The number of hydrogen-bond donors (Lipinski definition) is 1. The maximum absolute atomic E-state index is 12.2. The fraction of sp³-hybridized carbons (Fsp3) is 0.412. The van der Waals surface area contributed by atoms with Crippen LogP contribution in [0.3, 0.4) is 0 Å². The van der Waals surface area contributed by atoms with Gasteiger partial charge in [0.25, 0.3) is 0 Å². The Bertz CT molecular complexity index is 815. The molecule has 3 rings (SSSR count). The van der Waals surface area contributed by atoms with Gasteiger partial charge < -0.3 is 5.32 Å². The van der Waals surface area contributed by atoms with Crippen LogP contribution in [0.1, 0.15) is 31.4 Å². The molecule has 1 aromatic carbocycles. The van der Waals surface area contributed by atoms with E-state index < -0.39 is 9.84 Å². The first kappa shape index (κ1) is 16.7. The summed E-state index contributed by atoms with van der Waals surface area (Å²) in [5, 5.41) is 7.16. The number of aromatic nitrogens is 2. The molecule has 1 amide bonds. The monoisotopic (exact) mass is 347 g/mol. The highest BCUT2D eigenvalue weighted by Crippen LogP contribution is 2.22. The quantitative estimate of drug-likeness (QED) is 0.895.